The number of nitrogens with zero attached hydrogens (tertiary/aromatic N) is 6. The lowest BCUT2D eigenvalue weighted by molar-refractivity contribution is 0.0787. The minimum absolute atomic E-state index is 0.0298. The Morgan fingerprint density at radius 3 is 3.04 bits per heavy atom. The zero-order valence-corrected chi connectivity index (χ0v) is 14.2. The van der Waals surface area contributed by atoms with Crippen LogP contribution in [0, 0.1) is 6.92 Å². The van der Waals surface area contributed by atoms with Crippen molar-refractivity contribution >= 4 is 17.5 Å². The van der Waals surface area contributed by atoms with Crippen LogP contribution >= 0.6 is 11.6 Å². The zero-order valence-electron chi connectivity index (χ0n) is 13.5. The first-order valence-corrected chi connectivity index (χ1v) is 8.25. The lowest BCUT2D eigenvalue weighted by Gasteiger charge is -2.16. The molecular weight excluding hydrogens is 344 g/mol. The molecule has 1 aromatic carbocycles. The number of amides is 1. The lowest BCUT2D eigenvalue weighted by Crippen LogP contribution is -2.29. The van der Waals surface area contributed by atoms with E-state index in [1.807, 2.05) is 0 Å². The third-order valence-electron chi connectivity index (χ3n) is 4.15. The van der Waals surface area contributed by atoms with Gasteiger partial charge in [0.1, 0.15) is 0 Å². The number of hydrogen-bond acceptors (Lipinski definition) is 6. The second-order valence-electron chi connectivity index (χ2n) is 5.93. The Morgan fingerprint density at radius 1 is 1.40 bits per heavy atom. The van der Waals surface area contributed by atoms with Crippen LogP contribution in [0.15, 0.2) is 35.0 Å². The zero-order chi connectivity index (χ0) is 17.4. The van der Waals surface area contributed by atoms with Gasteiger partial charge in [-0.15, -0.1) is 5.10 Å². The molecule has 0 spiro atoms. The van der Waals surface area contributed by atoms with Gasteiger partial charge in [0.2, 0.25) is 0 Å². The van der Waals surface area contributed by atoms with Gasteiger partial charge in [0, 0.05) is 23.7 Å². The van der Waals surface area contributed by atoms with Crippen molar-refractivity contribution in [2.24, 2.45) is 0 Å². The summed E-state index contributed by atoms with van der Waals surface area (Å²) >= 11 is 5.97. The van der Waals surface area contributed by atoms with Crippen molar-refractivity contribution in [2.75, 3.05) is 13.1 Å². The average Bonchev–Trinajstić information content (AvgIpc) is 3.33. The molecule has 0 N–H and O–H groups in total. The summed E-state index contributed by atoms with van der Waals surface area (Å²) in [7, 11) is 0. The number of carbonyl (C=O) groups is 1. The number of halogens is 1. The van der Waals surface area contributed by atoms with Gasteiger partial charge in [-0.05, 0) is 31.5 Å². The molecule has 1 atom stereocenters. The van der Waals surface area contributed by atoms with E-state index in [9.17, 15) is 4.79 Å². The molecule has 2 aromatic heterocycles. The van der Waals surface area contributed by atoms with E-state index < -0.39 is 0 Å². The number of aryl methyl sites for hydroxylation is 1. The molecule has 128 valence electrons. The highest BCUT2D eigenvalue weighted by Gasteiger charge is 2.29. The topological polar surface area (TPSA) is 89.9 Å². The van der Waals surface area contributed by atoms with Crippen LogP contribution in [0.2, 0.25) is 5.02 Å². The first-order chi connectivity index (χ1) is 12.1. The summed E-state index contributed by atoms with van der Waals surface area (Å²) in [6.45, 7) is 2.97. The van der Waals surface area contributed by atoms with E-state index >= 15 is 0 Å². The normalized spacial score (nSPS) is 17.2. The molecule has 1 amide bonds. The Morgan fingerprint density at radius 2 is 2.28 bits per heavy atom. The van der Waals surface area contributed by atoms with Crippen LogP contribution < -0.4 is 0 Å². The fourth-order valence-electron chi connectivity index (χ4n) is 2.90. The molecule has 9 heteroatoms. The van der Waals surface area contributed by atoms with Gasteiger partial charge in [-0.2, -0.15) is 4.98 Å². The van der Waals surface area contributed by atoms with Crippen molar-refractivity contribution < 1.29 is 9.32 Å². The Hall–Kier alpha value is -2.74. The number of likely N-dealkylation sites (tertiary alicyclic amines) is 1. The van der Waals surface area contributed by atoms with Crippen molar-refractivity contribution in [3.8, 4) is 11.6 Å². The van der Waals surface area contributed by atoms with E-state index in [1.165, 1.54) is 0 Å². The SMILES string of the molecule is Cc1noc(-c2cn(C3CCN(C(=O)c4cccc(Cl)c4)C3)nn2)n1. The maximum absolute atomic E-state index is 12.6. The first kappa shape index (κ1) is 15.8. The first-order valence-electron chi connectivity index (χ1n) is 7.87. The van der Waals surface area contributed by atoms with E-state index in [0.717, 1.165) is 6.42 Å². The lowest BCUT2D eigenvalue weighted by atomic mass is 10.2. The van der Waals surface area contributed by atoms with Gasteiger partial charge in [-0.1, -0.05) is 28.0 Å². The third kappa shape index (κ3) is 3.12. The van der Waals surface area contributed by atoms with Crippen LogP contribution in [0.5, 0.6) is 0 Å². The van der Waals surface area contributed by atoms with E-state index in [-0.39, 0.29) is 11.9 Å². The molecule has 1 aliphatic rings. The summed E-state index contributed by atoms with van der Waals surface area (Å²) < 4.78 is 6.85. The van der Waals surface area contributed by atoms with Crippen LogP contribution in [-0.4, -0.2) is 49.0 Å². The molecular formula is C16H15ClN6O2. The van der Waals surface area contributed by atoms with Crippen molar-refractivity contribution in [2.45, 2.75) is 19.4 Å². The van der Waals surface area contributed by atoms with Crippen molar-refractivity contribution in [3.05, 3.63) is 46.9 Å². The molecule has 0 aliphatic carbocycles. The number of aromatic nitrogens is 5. The molecule has 3 heterocycles. The van der Waals surface area contributed by atoms with E-state index in [2.05, 4.69) is 20.5 Å². The van der Waals surface area contributed by atoms with E-state index in [0.29, 0.717) is 41.1 Å². The highest BCUT2D eigenvalue weighted by Crippen LogP contribution is 2.24. The Kier molecular flexibility index (Phi) is 3.96. The van der Waals surface area contributed by atoms with Crippen molar-refractivity contribution in [3.63, 3.8) is 0 Å². The predicted molar refractivity (Wildman–Crippen MR) is 89.1 cm³/mol. The number of benzene rings is 1. The summed E-state index contributed by atoms with van der Waals surface area (Å²) in [5.74, 6) is 0.857. The Labute approximate surface area is 148 Å². The summed E-state index contributed by atoms with van der Waals surface area (Å²) in [5, 5.41) is 12.5. The molecule has 0 radical (unpaired) electrons. The van der Waals surface area contributed by atoms with Crippen LogP contribution in [0.1, 0.15) is 28.6 Å². The molecule has 1 aliphatic heterocycles. The second-order valence-corrected chi connectivity index (χ2v) is 6.37. The minimum atomic E-state index is -0.0298. The number of carbonyl (C=O) groups excluding carboxylic acids is 1. The second kappa shape index (κ2) is 6.29. The van der Waals surface area contributed by atoms with E-state index in [1.54, 1.807) is 47.0 Å². The van der Waals surface area contributed by atoms with Crippen LogP contribution in [0.4, 0.5) is 0 Å². The van der Waals surface area contributed by atoms with Gasteiger partial charge in [0.15, 0.2) is 11.5 Å². The van der Waals surface area contributed by atoms with Crippen molar-refractivity contribution in [1.82, 2.24) is 30.0 Å². The maximum atomic E-state index is 12.6. The molecule has 0 saturated carbocycles. The van der Waals surface area contributed by atoms with Crippen LogP contribution in [0.25, 0.3) is 11.6 Å². The molecule has 1 unspecified atom stereocenters. The minimum Gasteiger partial charge on any atom is -0.336 e. The highest BCUT2D eigenvalue weighted by atomic mass is 35.5. The van der Waals surface area contributed by atoms with Gasteiger partial charge in [0.25, 0.3) is 11.8 Å². The van der Waals surface area contributed by atoms with Crippen LogP contribution in [-0.2, 0) is 0 Å². The van der Waals surface area contributed by atoms with Gasteiger partial charge < -0.3 is 9.42 Å². The number of hydrogen-bond donors (Lipinski definition) is 0. The van der Waals surface area contributed by atoms with E-state index in [4.69, 9.17) is 16.1 Å². The average molecular weight is 359 g/mol. The quantitative estimate of drug-likeness (QED) is 0.714. The molecule has 4 rings (SSSR count). The standard InChI is InChI=1S/C16H15ClN6O2/c1-10-18-15(25-20-10)14-9-23(21-19-14)13-5-6-22(8-13)16(24)11-3-2-4-12(17)7-11/h2-4,7,9,13H,5-6,8H2,1H3. The molecule has 3 aromatic rings. The summed E-state index contributed by atoms with van der Waals surface area (Å²) in [5.41, 5.74) is 1.12. The fraction of sp³-hybridized carbons (Fsp3) is 0.312. The Balaban J connectivity index is 1.47. The van der Waals surface area contributed by atoms with Gasteiger partial charge in [0.05, 0.1) is 12.2 Å². The summed E-state index contributed by atoms with van der Waals surface area (Å²) in [6, 6.07) is 7.05. The molecule has 0 bridgehead atoms. The Bertz CT molecular complexity index is 921. The molecule has 8 nitrogen and oxygen atoms in total. The third-order valence-corrected chi connectivity index (χ3v) is 4.39. The van der Waals surface area contributed by atoms with Crippen LogP contribution in [0.3, 0.4) is 0 Å². The van der Waals surface area contributed by atoms with Gasteiger partial charge in [-0.3, -0.25) is 4.79 Å². The van der Waals surface area contributed by atoms with Gasteiger partial charge >= 0.3 is 0 Å². The maximum Gasteiger partial charge on any atom is 0.280 e. The van der Waals surface area contributed by atoms with Crippen molar-refractivity contribution in [1.29, 1.82) is 0 Å². The molecule has 25 heavy (non-hydrogen) atoms. The largest absolute Gasteiger partial charge is 0.336 e. The molecule has 1 saturated heterocycles. The van der Waals surface area contributed by atoms with Gasteiger partial charge in [-0.25, -0.2) is 4.68 Å². The fourth-order valence-corrected chi connectivity index (χ4v) is 3.09. The predicted octanol–water partition coefficient (Wildman–Crippen LogP) is 2.38. The smallest absolute Gasteiger partial charge is 0.280 e. The summed E-state index contributed by atoms with van der Waals surface area (Å²) in [4.78, 5) is 18.5. The highest BCUT2D eigenvalue weighted by molar-refractivity contribution is 6.30. The number of rotatable bonds is 3. The molecule has 1 fully saturated rings. The monoisotopic (exact) mass is 358 g/mol. The summed E-state index contributed by atoms with van der Waals surface area (Å²) in [6.07, 6.45) is 2.57.